The summed E-state index contributed by atoms with van der Waals surface area (Å²) in [6.07, 6.45) is 2.06. The van der Waals surface area contributed by atoms with Gasteiger partial charge in [-0.3, -0.25) is 12.4 Å². The smallest absolute Gasteiger partial charge is 0.313 e. The molecule has 1 unspecified atom stereocenters. The SMILES string of the molecule is [B-][P+](c1ccccc1)(c1cccc2ccccc12)[C@H]1C[C@H]2C[C@@H]([C@@H]1C(=O)OC(C)(C)C)C2(C)C. The molecule has 3 aromatic rings. The van der Waals surface area contributed by atoms with Crippen molar-refractivity contribution in [1.82, 2.24) is 0 Å². The number of esters is 1. The van der Waals surface area contributed by atoms with Gasteiger partial charge in [-0.05, 0) is 74.4 Å². The molecule has 5 atom stereocenters. The topological polar surface area (TPSA) is 26.3 Å². The maximum Gasteiger partial charge on any atom is 0.313 e. The molecule has 175 valence electrons. The minimum absolute atomic E-state index is 0.0623. The monoisotopic (exact) mass is 469 g/mol. The van der Waals surface area contributed by atoms with E-state index in [1.807, 2.05) is 26.8 Å². The summed E-state index contributed by atoms with van der Waals surface area (Å²) in [5.41, 5.74) is -0.320. The molecular formula is C30H35BO2P. The van der Waals surface area contributed by atoms with E-state index in [0.717, 1.165) is 12.8 Å². The quantitative estimate of drug-likeness (QED) is 0.255. The first kappa shape index (κ1) is 23.6. The zero-order valence-electron chi connectivity index (χ0n) is 21.0. The highest BCUT2D eigenvalue weighted by Crippen LogP contribution is 2.72. The molecule has 3 aliphatic carbocycles. The Morgan fingerprint density at radius 1 is 0.941 bits per heavy atom. The van der Waals surface area contributed by atoms with Crippen LogP contribution in [0.1, 0.15) is 47.5 Å². The van der Waals surface area contributed by atoms with Crippen LogP contribution in [0.4, 0.5) is 0 Å². The van der Waals surface area contributed by atoms with Gasteiger partial charge in [0.25, 0.3) is 0 Å². The lowest BCUT2D eigenvalue weighted by Gasteiger charge is -2.64. The van der Waals surface area contributed by atoms with Gasteiger partial charge < -0.3 is 4.74 Å². The summed E-state index contributed by atoms with van der Waals surface area (Å²) in [6.45, 7) is 10.5. The summed E-state index contributed by atoms with van der Waals surface area (Å²) in [6, 6.07) is 25.5. The fourth-order valence-corrected chi connectivity index (χ4v) is 10.6. The average molecular weight is 469 g/mol. The molecule has 2 nitrogen and oxygen atoms in total. The fourth-order valence-electron chi connectivity index (χ4n) is 6.60. The lowest BCUT2D eigenvalue weighted by molar-refractivity contribution is -0.179. The number of hydrogen-bond donors (Lipinski definition) is 0. The molecule has 34 heavy (non-hydrogen) atoms. The molecule has 3 aliphatic rings. The van der Waals surface area contributed by atoms with Gasteiger partial charge in [0.2, 0.25) is 0 Å². The van der Waals surface area contributed by atoms with Gasteiger partial charge in [-0.1, -0.05) is 68.4 Å². The standard InChI is InChI=1S/C30H35BO2P/c1-29(2,3)33-28(32)27-24-18-21(30(24,4)5)19-26(27)34(31,22-14-7-6-8-15-22)25-17-11-13-20-12-9-10-16-23(20)25/h6-17,21,24,26-27H,18-19H2,1-5H3/t21-,24+,26+,27+,34?/m1/s1. The first-order chi connectivity index (χ1) is 16.0. The molecule has 0 spiro atoms. The van der Waals surface area contributed by atoms with E-state index < -0.39 is 12.7 Å². The van der Waals surface area contributed by atoms with Crippen LogP contribution >= 0.6 is 7.14 Å². The average Bonchev–Trinajstić information content (AvgIpc) is 2.82. The first-order valence-corrected chi connectivity index (χ1v) is 14.4. The van der Waals surface area contributed by atoms with Gasteiger partial charge in [0.05, 0.1) is 11.2 Å². The number of benzene rings is 3. The van der Waals surface area contributed by atoms with Crippen LogP contribution in [0.3, 0.4) is 0 Å². The van der Waals surface area contributed by atoms with E-state index in [-0.39, 0.29) is 23.0 Å². The van der Waals surface area contributed by atoms with Gasteiger partial charge in [-0.25, -0.2) is 0 Å². The van der Waals surface area contributed by atoms with E-state index in [1.165, 1.54) is 21.4 Å². The number of carbonyl (C=O) groups excluding carboxylic acids is 1. The zero-order chi connectivity index (χ0) is 24.3. The van der Waals surface area contributed by atoms with E-state index in [0.29, 0.717) is 11.8 Å². The number of rotatable bonds is 4. The Kier molecular flexibility index (Phi) is 5.72. The van der Waals surface area contributed by atoms with Crippen LogP contribution in [0.5, 0.6) is 0 Å². The number of carbonyl (C=O) groups is 1. The third-order valence-electron chi connectivity index (χ3n) is 8.47. The Hall–Kier alpha value is -2.12. The van der Waals surface area contributed by atoms with Gasteiger partial charge in [0.15, 0.2) is 0 Å². The van der Waals surface area contributed by atoms with Crippen molar-refractivity contribution in [3.63, 3.8) is 0 Å². The van der Waals surface area contributed by atoms with Crippen molar-refractivity contribution in [2.75, 3.05) is 0 Å². The minimum Gasteiger partial charge on any atom is -0.460 e. The van der Waals surface area contributed by atoms with Gasteiger partial charge in [-0.15, -0.1) is 0 Å². The molecule has 4 heteroatoms. The van der Waals surface area contributed by atoms with Crippen LogP contribution in [0, 0.1) is 23.2 Å². The highest BCUT2D eigenvalue weighted by molar-refractivity contribution is 8.09. The van der Waals surface area contributed by atoms with Gasteiger partial charge in [0, 0.05) is 16.3 Å². The molecule has 0 aliphatic heterocycles. The van der Waals surface area contributed by atoms with Crippen molar-refractivity contribution in [2.24, 2.45) is 23.2 Å². The maximum atomic E-state index is 13.9. The second kappa shape index (κ2) is 8.23. The van der Waals surface area contributed by atoms with Crippen molar-refractivity contribution in [3.05, 3.63) is 72.8 Å². The van der Waals surface area contributed by atoms with Crippen molar-refractivity contribution in [1.29, 1.82) is 0 Å². The van der Waals surface area contributed by atoms with Gasteiger partial charge >= 0.3 is 5.97 Å². The van der Waals surface area contributed by atoms with Gasteiger partial charge in [0.1, 0.15) is 5.60 Å². The lowest BCUT2D eigenvalue weighted by atomic mass is 9.45. The second-order valence-corrected chi connectivity index (χ2v) is 15.0. The number of hydrogen-bond acceptors (Lipinski definition) is 2. The molecule has 0 amide bonds. The molecular weight excluding hydrogens is 434 g/mol. The molecule has 0 saturated heterocycles. The van der Waals surface area contributed by atoms with E-state index in [4.69, 9.17) is 12.3 Å². The Morgan fingerprint density at radius 3 is 2.26 bits per heavy atom. The predicted octanol–water partition coefficient (Wildman–Crippen LogP) is 6.28. The molecule has 2 bridgehead atoms. The third-order valence-corrected chi connectivity index (χ3v) is 12.4. The zero-order valence-corrected chi connectivity index (χ0v) is 21.9. The van der Waals surface area contributed by atoms with Crippen LogP contribution in [-0.2, 0) is 9.53 Å². The van der Waals surface area contributed by atoms with Crippen LogP contribution in [0.25, 0.3) is 10.8 Å². The van der Waals surface area contributed by atoms with Gasteiger partial charge in [-0.2, -0.15) is 7.14 Å². The molecule has 6 rings (SSSR count). The Labute approximate surface area is 206 Å². The van der Waals surface area contributed by atoms with E-state index in [1.54, 1.807) is 0 Å². The largest absolute Gasteiger partial charge is 0.460 e. The van der Waals surface area contributed by atoms with Crippen molar-refractivity contribution in [2.45, 2.75) is 58.7 Å². The van der Waals surface area contributed by atoms with Crippen LogP contribution < -0.4 is 10.6 Å². The van der Waals surface area contributed by atoms with Crippen molar-refractivity contribution in [3.8, 4) is 0 Å². The summed E-state index contributed by atoms with van der Waals surface area (Å²) in [4.78, 5) is 13.9. The third kappa shape index (κ3) is 3.72. The van der Waals surface area contributed by atoms with E-state index >= 15 is 0 Å². The lowest BCUT2D eigenvalue weighted by Crippen LogP contribution is -2.61. The Balaban J connectivity index is 1.72. The van der Waals surface area contributed by atoms with E-state index in [2.05, 4.69) is 80.6 Å². The second-order valence-electron chi connectivity index (χ2n) is 11.8. The molecule has 0 aromatic heterocycles. The normalized spacial score (nSPS) is 27.5. The minimum atomic E-state index is -2.43. The fraction of sp³-hybridized carbons (Fsp3) is 0.433. The summed E-state index contributed by atoms with van der Waals surface area (Å²) < 4.78 is 6.07. The van der Waals surface area contributed by atoms with Crippen LogP contribution in [0.2, 0.25) is 0 Å². The highest BCUT2D eigenvalue weighted by atomic mass is 31.2. The number of ether oxygens (including phenoxy) is 1. The molecule has 3 saturated carbocycles. The summed E-state index contributed by atoms with van der Waals surface area (Å²) in [5, 5.41) is 4.77. The first-order valence-electron chi connectivity index (χ1n) is 12.5. The van der Waals surface area contributed by atoms with Crippen molar-refractivity contribution < 1.29 is 9.53 Å². The van der Waals surface area contributed by atoms with Crippen molar-refractivity contribution >= 4 is 42.1 Å². The number of fused-ring (bicyclic) bond motifs is 3. The predicted molar refractivity (Wildman–Crippen MR) is 145 cm³/mol. The summed E-state index contributed by atoms with van der Waals surface area (Å²) >= 11 is 0. The van der Waals surface area contributed by atoms with Crippen LogP contribution in [-0.4, -0.2) is 24.8 Å². The molecule has 3 aromatic carbocycles. The summed E-state index contributed by atoms with van der Waals surface area (Å²) in [7, 11) is 5.31. The molecule has 3 fully saturated rings. The Bertz CT molecular complexity index is 1210. The molecule has 0 N–H and O–H groups in total. The maximum absolute atomic E-state index is 13.9. The van der Waals surface area contributed by atoms with E-state index in [9.17, 15) is 4.79 Å². The molecule has 0 heterocycles. The highest BCUT2D eigenvalue weighted by Gasteiger charge is 2.64. The Morgan fingerprint density at radius 2 is 1.59 bits per heavy atom. The summed E-state index contributed by atoms with van der Waals surface area (Å²) in [5.74, 6) is 0.618. The van der Waals surface area contributed by atoms with Crippen LogP contribution in [0.15, 0.2) is 72.8 Å². The molecule has 3 radical (unpaired) electrons.